The average molecular weight is 390 g/mol. The van der Waals surface area contributed by atoms with Crippen molar-refractivity contribution in [3.8, 4) is 5.75 Å². The van der Waals surface area contributed by atoms with Crippen molar-refractivity contribution in [2.45, 2.75) is 17.8 Å². The van der Waals surface area contributed by atoms with Gasteiger partial charge in [-0.3, -0.25) is 9.59 Å². The quantitative estimate of drug-likeness (QED) is 0.629. The molecule has 8 heteroatoms. The molecule has 0 spiro atoms. The largest absolute Gasteiger partial charge is 0.496 e. The highest BCUT2D eigenvalue weighted by Gasteiger charge is 2.08. The summed E-state index contributed by atoms with van der Waals surface area (Å²) in [5.41, 5.74) is 1.61. The second kappa shape index (κ2) is 8.37. The van der Waals surface area contributed by atoms with Crippen molar-refractivity contribution in [3.05, 3.63) is 52.4 Å². The standard InChI is InChI=1S/C18H19N3O3S2/c1-12-9-13(24-2)10-17(23)21(12)8-7-19-16(22)11-25-18-20-14-5-3-4-6-15(14)26-18/h3-6,9-10H,7-8,11H2,1-2H3,(H,19,22). The third-order valence-corrected chi connectivity index (χ3v) is 5.98. The Morgan fingerprint density at radius 1 is 1.35 bits per heavy atom. The predicted molar refractivity (Wildman–Crippen MR) is 105 cm³/mol. The molecule has 2 aromatic heterocycles. The summed E-state index contributed by atoms with van der Waals surface area (Å²) in [4.78, 5) is 28.6. The molecule has 0 aliphatic carbocycles. The van der Waals surface area contributed by atoms with Gasteiger partial charge in [-0.15, -0.1) is 11.3 Å². The number of pyridine rings is 1. The van der Waals surface area contributed by atoms with E-state index in [1.165, 1.54) is 24.9 Å². The molecule has 6 nitrogen and oxygen atoms in total. The normalized spacial score (nSPS) is 10.8. The molecule has 3 aromatic rings. The van der Waals surface area contributed by atoms with Crippen LogP contribution >= 0.6 is 23.1 Å². The van der Waals surface area contributed by atoms with Gasteiger partial charge < -0.3 is 14.6 Å². The fourth-order valence-electron chi connectivity index (χ4n) is 2.50. The Morgan fingerprint density at radius 3 is 2.88 bits per heavy atom. The fourth-order valence-corrected chi connectivity index (χ4v) is 4.40. The van der Waals surface area contributed by atoms with Gasteiger partial charge in [0.05, 0.1) is 23.1 Å². The Kier molecular flexibility index (Phi) is 5.95. The van der Waals surface area contributed by atoms with Crippen LogP contribution in [0.5, 0.6) is 5.75 Å². The fraction of sp³-hybridized carbons (Fsp3) is 0.278. The van der Waals surface area contributed by atoms with Gasteiger partial charge in [0, 0.05) is 24.8 Å². The van der Waals surface area contributed by atoms with E-state index >= 15 is 0 Å². The first-order chi connectivity index (χ1) is 12.6. The van der Waals surface area contributed by atoms with E-state index in [9.17, 15) is 9.59 Å². The summed E-state index contributed by atoms with van der Waals surface area (Å²) in [6.07, 6.45) is 0. The van der Waals surface area contributed by atoms with Gasteiger partial charge in [-0.1, -0.05) is 23.9 Å². The summed E-state index contributed by atoms with van der Waals surface area (Å²) in [6, 6.07) is 11.2. The molecule has 0 aliphatic heterocycles. The van der Waals surface area contributed by atoms with Crippen molar-refractivity contribution in [2.24, 2.45) is 0 Å². The number of thioether (sulfide) groups is 1. The maximum atomic E-state index is 12.1. The third-order valence-electron chi connectivity index (χ3n) is 3.80. The summed E-state index contributed by atoms with van der Waals surface area (Å²) < 4.78 is 8.69. The van der Waals surface area contributed by atoms with Crippen LogP contribution in [0.25, 0.3) is 10.2 Å². The van der Waals surface area contributed by atoms with E-state index in [1.807, 2.05) is 31.2 Å². The first kappa shape index (κ1) is 18.5. The molecule has 3 rings (SSSR count). The Bertz CT molecular complexity index is 948. The number of nitrogens with one attached hydrogen (secondary N) is 1. The first-order valence-corrected chi connectivity index (χ1v) is 9.87. The summed E-state index contributed by atoms with van der Waals surface area (Å²) >= 11 is 3.00. The summed E-state index contributed by atoms with van der Waals surface area (Å²) in [5.74, 6) is 0.768. The van der Waals surface area contributed by atoms with Gasteiger partial charge >= 0.3 is 0 Å². The first-order valence-electron chi connectivity index (χ1n) is 8.07. The van der Waals surface area contributed by atoms with E-state index in [0.717, 1.165) is 20.3 Å². The SMILES string of the molecule is COc1cc(C)n(CCNC(=O)CSc2nc3ccccc3s2)c(=O)c1. The molecule has 0 bridgehead atoms. The maximum absolute atomic E-state index is 12.1. The number of carbonyl (C=O) groups is 1. The van der Waals surface area contributed by atoms with Crippen LogP contribution in [0.4, 0.5) is 0 Å². The molecule has 0 atom stereocenters. The molecule has 136 valence electrons. The van der Waals surface area contributed by atoms with Crippen LogP contribution in [0.1, 0.15) is 5.69 Å². The van der Waals surface area contributed by atoms with Crippen LogP contribution < -0.4 is 15.6 Å². The molecule has 2 heterocycles. The Balaban J connectivity index is 1.49. The second-order valence-electron chi connectivity index (χ2n) is 5.61. The highest BCUT2D eigenvalue weighted by molar-refractivity contribution is 8.01. The monoisotopic (exact) mass is 389 g/mol. The van der Waals surface area contributed by atoms with E-state index < -0.39 is 0 Å². The molecule has 26 heavy (non-hydrogen) atoms. The molecule has 0 fully saturated rings. The number of benzene rings is 1. The smallest absolute Gasteiger partial charge is 0.254 e. The third kappa shape index (κ3) is 4.44. The molecule has 0 radical (unpaired) electrons. The number of carbonyl (C=O) groups excluding carboxylic acids is 1. The summed E-state index contributed by atoms with van der Waals surface area (Å²) in [5, 5.41) is 2.84. The van der Waals surface area contributed by atoms with Gasteiger partial charge in [0.15, 0.2) is 4.34 Å². The van der Waals surface area contributed by atoms with Crippen molar-refractivity contribution in [1.82, 2.24) is 14.9 Å². The Hall–Kier alpha value is -2.32. The van der Waals surface area contributed by atoms with Gasteiger partial charge in [0.2, 0.25) is 5.91 Å². The number of para-hydroxylation sites is 1. The number of aromatic nitrogens is 2. The predicted octanol–water partition coefficient (Wildman–Crippen LogP) is 2.68. The Labute approximate surface area is 159 Å². The minimum atomic E-state index is -0.139. The molecule has 0 aliphatic rings. The number of aryl methyl sites for hydroxylation is 1. The minimum Gasteiger partial charge on any atom is -0.496 e. The molecule has 0 saturated carbocycles. The number of thiazole rings is 1. The molecule has 1 aromatic carbocycles. The lowest BCUT2D eigenvalue weighted by Gasteiger charge is -2.11. The van der Waals surface area contributed by atoms with Crippen LogP contribution in [-0.2, 0) is 11.3 Å². The zero-order valence-electron chi connectivity index (χ0n) is 14.5. The van der Waals surface area contributed by atoms with Gasteiger partial charge in [-0.05, 0) is 25.1 Å². The van der Waals surface area contributed by atoms with Crippen molar-refractivity contribution >= 4 is 39.2 Å². The number of hydrogen-bond acceptors (Lipinski definition) is 6. The van der Waals surface area contributed by atoms with Crippen LogP contribution in [0.3, 0.4) is 0 Å². The highest BCUT2D eigenvalue weighted by Crippen LogP contribution is 2.28. The van der Waals surface area contributed by atoms with Crippen LogP contribution in [0.2, 0.25) is 0 Å². The van der Waals surface area contributed by atoms with Crippen LogP contribution in [-0.4, -0.2) is 34.9 Å². The number of amides is 1. The maximum Gasteiger partial charge on any atom is 0.254 e. The van der Waals surface area contributed by atoms with Crippen LogP contribution in [0.15, 0.2) is 45.5 Å². The molecule has 1 N–H and O–H groups in total. The number of hydrogen-bond donors (Lipinski definition) is 1. The summed E-state index contributed by atoms with van der Waals surface area (Å²) in [6.45, 7) is 2.66. The summed E-state index contributed by atoms with van der Waals surface area (Å²) in [7, 11) is 1.53. The average Bonchev–Trinajstić information content (AvgIpc) is 3.05. The molecule has 0 unspecified atom stereocenters. The number of methoxy groups -OCH3 is 1. The Morgan fingerprint density at radius 2 is 2.15 bits per heavy atom. The lowest BCUT2D eigenvalue weighted by atomic mass is 10.3. The van der Waals surface area contributed by atoms with Crippen molar-refractivity contribution in [1.29, 1.82) is 0 Å². The van der Waals surface area contributed by atoms with Gasteiger partial charge in [0.1, 0.15) is 5.75 Å². The number of fused-ring (bicyclic) bond motifs is 1. The minimum absolute atomic E-state index is 0.0755. The van der Waals surface area contributed by atoms with Crippen molar-refractivity contribution in [2.75, 3.05) is 19.4 Å². The van der Waals surface area contributed by atoms with Crippen LogP contribution in [0, 0.1) is 6.92 Å². The molecular weight excluding hydrogens is 370 g/mol. The van der Waals surface area contributed by atoms with E-state index in [-0.39, 0.29) is 11.5 Å². The van der Waals surface area contributed by atoms with Crippen molar-refractivity contribution < 1.29 is 9.53 Å². The zero-order chi connectivity index (χ0) is 18.5. The highest BCUT2D eigenvalue weighted by atomic mass is 32.2. The van der Waals surface area contributed by atoms with E-state index in [4.69, 9.17) is 4.74 Å². The zero-order valence-corrected chi connectivity index (χ0v) is 16.2. The van der Waals surface area contributed by atoms with Gasteiger partial charge in [0.25, 0.3) is 5.56 Å². The number of nitrogens with zero attached hydrogens (tertiary/aromatic N) is 2. The molecule has 1 amide bonds. The van der Waals surface area contributed by atoms with Crippen molar-refractivity contribution in [3.63, 3.8) is 0 Å². The molecule has 0 saturated heterocycles. The number of rotatable bonds is 7. The molecular formula is C18H19N3O3S2. The van der Waals surface area contributed by atoms with Gasteiger partial charge in [-0.25, -0.2) is 4.98 Å². The number of ether oxygens (including phenoxy) is 1. The second-order valence-corrected chi connectivity index (χ2v) is 7.87. The lowest BCUT2D eigenvalue weighted by Crippen LogP contribution is -2.32. The topological polar surface area (TPSA) is 73.2 Å². The van der Waals surface area contributed by atoms with E-state index in [2.05, 4.69) is 10.3 Å². The lowest BCUT2D eigenvalue weighted by molar-refractivity contribution is -0.118. The van der Waals surface area contributed by atoms with E-state index in [0.29, 0.717) is 24.6 Å². The van der Waals surface area contributed by atoms with E-state index in [1.54, 1.807) is 22.0 Å². The van der Waals surface area contributed by atoms with Gasteiger partial charge in [-0.2, -0.15) is 0 Å².